The molecule has 1 atom stereocenters. The number of rotatable bonds is 5. The van der Waals surface area contributed by atoms with Crippen LogP contribution in [-0.2, 0) is 4.79 Å². The van der Waals surface area contributed by atoms with Crippen molar-refractivity contribution in [2.24, 2.45) is 17.8 Å². The van der Waals surface area contributed by atoms with Gasteiger partial charge in [-0.15, -0.1) is 10.2 Å². The minimum absolute atomic E-state index is 0.0435. The summed E-state index contributed by atoms with van der Waals surface area (Å²) < 4.78 is 5.83. The summed E-state index contributed by atoms with van der Waals surface area (Å²) in [5, 5.41) is 12.0. The van der Waals surface area contributed by atoms with Crippen LogP contribution in [0.1, 0.15) is 51.0 Å². The Labute approximate surface area is 170 Å². The van der Waals surface area contributed by atoms with Gasteiger partial charge < -0.3 is 9.73 Å². The number of carbonyl (C=O) groups is 1. The summed E-state index contributed by atoms with van der Waals surface area (Å²) >= 11 is 1.35. The SMILES string of the molecule is Cc1ccccc1-c1nnc(S[C@@H](C)C(=O)NC23CC4CC(CC(C4)C2)C3)o1. The van der Waals surface area contributed by atoms with E-state index in [2.05, 4.69) is 15.5 Å². The standard InChI is InChI=1S/C22H27N3O2S/c1-13-5-3-4-6-18(13)20-24-25-21(27-20)28-14(2)19(26)23-22-10-15-7-16(11-22)9-17(8-15)12-22/h3-6,14-17H,7-12H2,1-2H3,(H,23,26)/t14-,15?,16?,17?,22?/m0/s1. The second-order valence-electron chi connectivity index (χ2n) is 9.14. The average Bonchev–Trinajstić information content (AvgIpc) is 3.08. The van der Waals surface area contributed by atoms with Gasteiger partial charge in [-0.2, -0.15) is 0 Å². The highest BCUT2D eigenvalue weighted by molar-refractivity contribution is 8.00. The van der Waals surface area contributed by atoms with Crippen LogP contribution in [0, 0.1) is 24.7 Å². The van der Waals surface area contributed by atoms with Gasteiger partial charge in [0, 0.05) is 11.1 Å². The van der Waals surface area contributed by atoms with Crippen LogP contribution in [0.5, 0.6) is 0 Å². The average molecular weight is 398 g/mol. The van der Waals surface area contributed by atoms with Crippen molar-refractivity contribution in [2.45, 2.75) is 68.4 Å². The van der Waals surface area contributed by atoms with Gasteiger partial charge >= 0.3 is 0 Å². The van der Waals surface area contributed by atoms with Gasteiger partial charge in [0.05, 0.1) is 5.25 Å². The lowest BCUT2D eigenvalue weighted by Gasteiger charge is -2.57. The predicted molar refractivity (Wildman–Crippen MR) is 109 cm³/mol. The summed E-state index contributed by atoms with van der Waals surface area (Å²) in [7, 11) is 0. The van der Waals surface area contributed by atoms with Crippen LogP contribution in [0.25, 0.3) is 11.5 Å². The first-order chi connectivity index (χ1) is 13.5. The lowest BCUT2D eigenvalue weighted by Crippen LogP contribution is -2.60. The highest BCUT2D eigenvalue weighted by Gasteiger charge is 2.51. The molecule has 4 aliphatic rings. The molecule has 28 heavy (non-hydrogen) atoms. The van der Waals surface area contributed by atoms with Crippen molar-refractivity contribution in [1.29, 1.82) is 0 Å². The lowest BCUT2D eigenvalue weighted by molar-refractivity contribution is -0.126. The predicted octanol–water partition coefficient (Wildman–Crippen LogP) is 4.61. The van der Waals surface area contributed by atoms with Crippen molar-refractivity contribution in [1.82, 2.24) is 15.5 Å². The normalized spacial score (nSPS) is 31.7. The Balaban J connectivity index is 1.24. The van der Waals surface area contributed by atoms with E-state index in [0.29, 0.717) is 11.1 Å². The van der Waals surface area contributed by atoms with Crippen molar-refractivity contribution >= 4 is 17.7 Å². The Bertz CT molecular complexity index is 858. The number of hydrogen-bond donors (Lipinski definition) is 1. The number of benzene rings is 1. The summed E-state index contributed by atoms with van der Waals surface area (Å²) in [5.41, 5.74) is 2.07. The molecule has 4 bridgehead atoms. The van der Waals surface area contributed by atoms with E-state index in [-0.39, 0.29) is 16.7 Å². The molecule has 1 aromatic heterocycles. The Kier molecular flexibility index (Phi) is 4.49. The number of nitrogens with zero attached hydrogens (tertiary/aromatic N) is 2. The van der Waals surface area contributed by atoms with Crippen molar-refractivity contribution in [3.05, 3.63) is 29.8 Å². The van der Waals surface area contributed by atoms with Gasteiger partial charge in [0.15, 0.2) is 0 Å². The van der Waals surface area contributed by atoms with Crippen LogP contribution in [0.3, 0.4) is 0 Å². The number of aromatic nitrogens is 2. The third-order valence-electron chi connectivity index (χ3n) is 6.86. The number of hydrogen-bond acceptors (Lipinski definition) is 5. The maximum absolute atomic E-state index is 12.9. The van der Waals surface area contributed by atoms with Crippen molar-refractivity contribution in [3.8, 4) is 11.5 Å². The molecule has 1 heterocycles. The first-order valence-corrected chi connectivity index (χ1v) is 11.3. The Hall–Kier alpha value is -1.82. The third kappa shape index (κ3) is 3.36. The summed E-state index contributed by atoms with van der Waals surface area (Å²) in [6.07, 6.45) is 7.63. The van der Waals surface area contributed by atoms with Crippen LogP contribution in [0.2, 0.25) is 0 Å². The molecule has 0 aliphatic heterocycles. The molecule has 148 valence electrons. The van der Waals surface area contributed by atoms with Crippen molar-refractivity contribution < 1.29 is 9.21 Å². The number of carbonyl (C=O) groups excluding carboxylic acids is 1. The fraction of sp³-hybridized carbons (Fsp3) is 0.591. The van der Waals surface area contributed by atoms with E-state index in [1.807, 2.05) is 38.1 Å². The Morgan fingerprint density at radius 2 is 1.79 bits per heavy atom. The molecule has 1 amide bonds. The van der Waals surface area contributed by atoms with Gasteiger partial charge in [0.1, 0.15) is 0 Å². The monoisotopic (exact) mass is 397 g/mol. The number of aryl methyl sites for hydroxylation is 1. The van der Waals surface area contributed by atoms with E-state index in [1.54, 1.807) is 0 Å². The van der Waals surface area contributed by atoms with Crippen LogP contribution in [0.4, 0.5) is 0 Å². The second kappa shape index (κ2) is 6.90. The molecule has 6 rings (SSSR count). The molecule has 2 aromatic rings. The zero-order valence-electron chi connectivity index (χ0n) is 16.5. The summed E-state index contributed by atoms with van der Waals surface area (Å²) in [5.74, 6) is 3.07. The lowest BCUT2D eigenvalue weighted by atomic mass is 9.53. The quantitative estimate of drug-likeness (QED) is 0.746. The van der Waals surface area contributed by atoms with Crippen LogP contribution < -0.4 is 5.32 Å². The molecule has 0 radical (unpaired) electrons. The Morgan fingerprint density at radius 3 is 2.43 bits per heavy atom. The van der Waals surface area contributed by atoms with Crippen molar-refractivity contribution in [2.75, 3.05) is 0 Å². The van der Waals surface area contributed by atoms with Crippen molar-refractivity contribution in [3.63, 3.8) is 0 Å². The van der Waals surface area contributed by atoms with Gasteiger partial charge in [-0.1, -0.05) is 30.0 Å². The molecule has 0 spiro atoms. The fourth-order valence-corrected chi connectivity index (χ4v) is 6.69. The molecular weight excluding hydrogens is 370 g/mol. The number of thioether (sulfide) groups is 1. The molecule has 4 saturated carbocycles. The van der Waals surface area contributed by atoms with E-state index in [1.165, 1.54) is 50.3 Å². The van der Waals surface area contributed by atoms with E-state index >= 15 is 0 Å². The highest BCUT2D eigenvalue weighted by atomic mass is 32.2. The molecule has 5 nitrogen and oxygen atoms in total. The maximum atomic E-state index is 12.9. The second-order valence-corrected chi connectivity index (χ2v) is 10.4. The van der Waals surface area contributed by atoms with Gasteiger partial charge in [-0.25, -0.2) is 0 Å². The van der Waals surface area contributed by atoms with Gasteiger partial charge in [0.25, 0.3) is 5.22 Å². The first-order valence-electron chi connectivity index (χ1n) is 10.4. The van der Waals surface area contributed by atoms with Gasteiger partial charge in [-0.3, -0.25) is 4.79 Å². The molecular formula is C22H27N3O2S. The minimum atomic E-state index is -0.252. The zero-order chi connectivity index (χ0) is 19.3. The largest absolute Gasteiger partial charge is 0.411 e. The number of amides is 1. The van der Waals surface area contributed by atoms with Crippen LogP contribution in [0.15, 0.2) is 33.9 Å². The molecule has 0 saturated heterocycles. The van der Waals surface area contributed by atoms with E-state index < -0.39 is 0 Å². The van der Waals surface area contributed by atoms with Crippen LogP contribution >= 0.6 is 11.8 Å². The molecule has 0 unspecified atom stereocenters. The van der Waals surface area contributed by atoms with E-state index in [4.69, 9.17) is 4.42 Å². The molecule has 1 N–H and O–H groups in total. The fourth-order valence-electron chi connectivity index (χ4n) is 6.01. The maximum Gasteiger partial charge on any atom is 0.277 e. The Morgan fingerprint density at radius 1 is 1.14 bits per heavy atom. The summed E-state index contributed by atoms with van der Waals surface area (Å²) in [4.78, 5) is 12.9. The molecule has 4 aliphatic carbocycles. The van der Waals surface area contributed by atoms with E-state index in [0.717, 1.165) is 28.9 Å². The highest BCUT2D eigenvalue weighted by Crippen LogP contribution is 2.55. The summed E-state index contributed by atoms with van der Waals surface area (Å²) in [6.45, 7) is 3.95. The molecule has 4 fully saturated rings. The first kappa shape index (κ1) is 18.2. The third-order valence-corrected chi connectivity index (χ3v) is 7.79. The molecule has 6 heteroatoms. The topological polar surface area (TPSA) is 68.0 Å². The van der Waals surface area contributed by atoms with E-state index in [9.17, 15) is 4.79 Å². The van der Waals surface area contributed by atoms with Gasteiger partial charge in [-0.05, 0) is 81.8 Å². The van der Waals surface area contributed by atoms with Crippen LogP contribution in [-0.4, -0.2) is 26.9 Å². The minimum Gasteiger partial charge on any atom is -0.411 e. The zero-order valence-corrected chi connectivity index (χ0v) is 17.3. The van der Waals surface area contributed by atoms with Gasteiger partial charge in [0.2, 0.25) is 11.8 Å². The molecule has 1 aromatic carbocycles. The summed E-state index contributed by atoms with van der Waals surface area (Å²) in [6, 6.07) is 7.94. The smallest absolute Gasteiger partial charge is 0.277 e. The number of nitrogens with one attached hydrogen (secondary N) is 1.